The average molecular weight is 420 g/mol. The minimum Gasteiger partial charge on any atom is -0.716 e. The van der Waals surface area contributed by atoms with Crippen LogP contribution in [-0.4, -0.2) is 13.0 Å². The monoisotopic (exact) mass is 419 g/mol. The molecule has 0 aliphatic heterocycles. The summed E-state index contributed by atoms with van der Waals surface area (Å²) >= 11 is 0. The van der Waals surface area contributed by atoms with Crippen molar-refractivity contribution in [2.45, 2.75) is 114 Å². The summed E-state index contributed by atoms with van der Waals surface area (Å²) in [7, 11) is -4.79. The molecule has 0 unspecified atom stereocenters. The van der Waals surface area contributed by atoms with Crippen LogP contribution in [0.5, 0.6) is 5.75 Å². The third kappa shape index (κ3) is 5.35. The molecule has 1 aromatic carbocycles. The fourth-order valence-electron chi connectivity index (χ4n) is 6.00. The van der Waals surface area contributed by atoms with E-state index in [1.807, 2.05) is 0 Å². The van der Waals surface area contributed by atoms with Gasteiger partial charge in [0, 0.05) is 0 Å². The number of hydrogen-bond donors (Lipinski definition) is 0. The summed E-state index contributed by atoms with van der Waals surface area (Å²) < 4.78 is 40.3. The van der Waals surface area contributed by atoms with Crippen molar-refractivity contribution in [3.8, 4) is 5.75 Å². The predicted octanol–water partition coefficient (Wildman–Crippen LogP) is 6.67. The third-order valence-corrected chi connectivity index (χ3v) is 7.89. The Bertz CT molecular complexity index is 744. The van der Waals surface area contributed by atoms with E-state index >= 15 is 0 Å². The molecule has 5 heteroatoms. The van der Waals surface area contributed by atoms with Gasteiger partial charge in [-0.2, -0.15) is 0 Å². The van der Waals surface area contributed by atoms with Gasteiger partial charge < -0.3 is 8.74 Å². The summed E-state index contributed by atoms with van der Waals surface area (Å²) in [6.45, 7) is 0. The Labute approximate surface area is 176 Å². The van der Waals surface area contributed by atoms with Gasteiger partial charge in [-0.05, 0) is 73.0 Å². The second-order valence-corrected chi connectivity index (χ2v) is 10.5. The molecule has 0 saturated heterocycles. The lowest BCUT2D eigenvalue weighted by molar-refractivity contribution is 0.358. The summed E-state index contributed by atoms with van der Waals surface area (Å²) in [5, 5.41) is 0. The maximum atomic E-state index is 11.7. The molecule has 162 valence electrons. The molecular formula is C24H35O4S-. The van der Waals surface area contributed by atoms with Crippen LogP contribution in [0.4, 0.5) is 0 Å². The molecule has 0 N–H and O–H groups in total. The Balaban J connectivity index is 1.81. The predicted molar refractivity (Wildman–Crippen MR) is 114 cm³/mol. The molecule has 3 aliphatic rings. The Morgan fingerprint density at radius 1 is 0.655 bits per heavy atom. The Morgan fingerprint density at radius 3 is 1.41 bits per heavy atom. The van der Waals surface area contributed by atoms with Gasteiger partial charge in [-0.3, -0.25) is 0 Å². The standard InChI is InChI=1S/C24H36O4S/c25-29(26,27)28-24-22(19-12-6-2-7-13-19)16-21(18-10-4-1-5-11-18)17-23(24)20-14-8-3-9-15-20/h16-20H,1-15H2,(H,25,26,27)/p-1. The fourth-order valence-corrected chi connectivity index (χ4v) is 6.40. The fraction of sp³-hybridized carbons (Fsp3) is 0.750. The van der Waals surface area contributed by atoms with Gasteiger partial charge in [0.05, 0.1) is 0 Å². The first-order valence-electron chi connectivity index (χ1n) is 11.8. The molecular weight excluding hydrogens is 384 g/mol. The van der Waals surface area contributed by atoms with Crippen LogP contribution in [0.2, 0.25) is 0 Å². The Kier molecular flexibility index (Phi) is 6.85. The highest BCUT2D eigenvalue weighted by Gasteiger charge is 2.29. The minimum absolute atomic E-state index is 0.311. The van der Waals surface area contributed by atoms with Crippen LogP contribution < -0.4 is 4.18 Å². The molecule has 3 saturated carbocycles. The van der Waals surface area contributed by atoms with Gasteiger partial charge in [0.15, 0.2) is 0 Å². The van der Waals surface area contributed by atoms with Crippen molar-refractivity contribution in [1.29, 1.82) is 0 Å². The van der Waals surface area contributed by atoms with E-state index in [0.29, 0.717) is 23.5 Å². The maximum Gasteiger partial charge on any atom is 0.262 e. The Morgan fingerprint density at radius 2 is 1.03 bits per heavy atom. The largest absolute Gasteiger partial charge is 0.716 e. The lowest BCUT2D eigenvalue weighted by Crippen LogP contribution is -2.17. The van der Waals surface area contributed by atoms with Crippen LogP contribution >= 0.6 is 0 Å². The van der Waals surface area contributed by atoms with Crippen molar-refractivity contribution in [3.05, 3.63) is 28.8 Å². The van der Waals surface area contributed by atoms with E-state index in [4.69, 9.17) is 4.18 Å². The third-order valence-electron chi connectivity index (χ3n) is 7.52. The van der Waals surface area contributed by atoms with E-state index in [1.165, 1.54) is 76.2 Å². The van der Waals surface area contributed by atoms with Crippen molar-refractivity contribution in [3.63, 3.8) is 0 Å². The zero-order valence-corrected chi connectivity index (χ0v) is 18.4. The van der Waals surface area contributed by atoms with Crippen molar-refractivity contribution >= 4 is 10.4 Å². The summed E-state index contributed by atoms with van der Waals surface area (Å²) in [6.07, 6.45) is 17.7. The maximum absolute atomic E-state index is 11.7. The highest BCUT2D eigenvalue weighted by atomic mass is 32.3. The highest BCUT2D eigenvalue weighted by molar-refractivity contribution is 7.81. The molecule has 3 aliphatic carbocycles. The molecule has 0 aromatic heterocycles. The lowest BCUT2D eigenvalue weighted by atomic mass is 9.75. The second kappa shape index (κ2) is 9.38. The van der Waals surface area contributed by atoms with Crippen molar-refractivity contribution in [2.75, 3.05) is 0 Å². The van der Waals surface area contributed by atoms with Crippen LogP contribution in [0.3, 0.4) is 0 Å². The van der Waals surface area contributed by atoms with E-state index < -0.39 is 10.4 Å². The normalized spacial score (nSPS) is 23.2. The minimum atomic E-state index is -4.79. The Hall–Kier alpha value is -1.07. The van der Waals surface area contributed by atoms with Gasteiger partial charge in [0.1, 0.15) is 5.75 Å². The van der Waals surface area contributed by atoms with E-state index in [2.05, 4.69) is 12.1 Å². The lowest BCUT2D eigenvalue weighted by Gasteiger charge is -2.32. The van der Waals surface area contributed by atoms with Gasteiger partial charge in [0.2, 0.25) is 0 Å². The first-order valence-corrected chi connectivity index (χ1v) is 13.2. The van der Waals surface area contributed by atoms with Gasteiger partial charge in [0.25, 0.3) is 10.4 Å². The van der Waals surface area contributed by atoms with Gasteiger partial charge >= 0.3 is 0 Å². The van der Waals surface area contributed by atoms with Crippen molar-refractivity contribution < 1.29 is 17.2 Å². The molecule has 0 atom stereocenters. The number of rotatable bonds is 5. The highest BCUT2D eigenvalue weighted by Crippen LogP contribution is 2.47. The van der Waals surface area contributed by atoms with Crippen LogP contribution in [0.15, 0.2) is 12.1 Å². The molecule has 0 amide bonds. The molecule has 0 spiro atoms. The molecule has 29 heavy (non-hydrogen) atoms. The molecule has 1 aromatic rings. The molecule has 0 radical (unpaired) electrons. The van der Waals surface area contributed by atoms with Crippen LogP contribution in [0.25, 0.3) is 0 Å². The summed E-state index contributed by atoms with van der Waals surface area (Å²) in [6, 6.07) is 4.44. The van der Waals surface area contributed by atoms with Gasteiger partial charge in [-0.15, -0.1) is 0 Å². The van der Waals surface area contributed by atoms with Crippen molar-refractivity contribution in [1.82, 2.24) is 0 Å². The molecule has 3 fully saturated rings. The van der Waals surface area contributed by atoms with Gasteiger partial charge in [-0.25, -0.2) is 8.42 Å². The number of benzene rings is 1. The van der Waals surface area contributed by atoms with Crippen molar-refractivity contribution in [2.24, 2.45) is 0 Å². The van der Waals surface area contributed by atoms with Crippen LogP contribution in [-0.2, 0) is 10.4 Å². The zero-order valence-electron chi connectivity index (χ0n) is 17.5. The first-order chi connectivity index (χ1) is 14.0. The molecule has 0 heterocycles. The van der Waals surface area contributed by atoms with E-state index in [-0.39, 0.29) is 0 Å². The second-order valence-electron chi connectivity index (χ2n) is 9.52. The first kappa shape index (κ1) is 21.2. The zero-order chi connectivity index (χ0) is 20.3. The van der Waals surface area contributed by atoms with E-state index in [1.54, 1.807) is 0 Å². The quantitative estimate of drug-likeness (QED) is 0.395. The SMILES string of the molecule is O=S(=O)([O-])Oc1c(C2CCCCC2)cc(C2CCCCC2)cc1C1CCCCC1. The smallest absolute Gasteiger partial charge is 0.262 e. The topological polar surface area (TPSA) is 66.4 Å². The van der Waals surface area contributed by atoms with Crippen LogP contribution in [0.1, 0.15) is 131 Å². The van der Waals surface area contributed by atoms with E-state index in [0.717, 1.165) is 36.8 Å². The summed E-state index contributed by atoms with van der Waals surface area (Å²) in [5.41, 5.74) is 3.38. The van der Waals surface area contributed by atoms with Gasteiger partial charge in [-0.1, -0.05) is 69.9 Å². The summed E-state index contributed by atoms with van der Waals surface area (Å²) in [5.74, 6) is 1.59. The van der Waals surface area contributed by atoms with Crippen LogP contribution in [0, 0.1) is 0 Å². The summed E-state index contributed by atoms with van der Waals surface area (Å²) in [4.78, 5) is 0. The molecule has 4 rings (SSSR count). The molecule has 4 nitrogen and oxygen atoms in total. The van der Waals surface area contributed by atoms with E-state index in [9.17, 15) is 13.0 Å². The number of hydrogen-bond acceptors (Lipinski definition) is 4. The average Bonchev–Trinajstić information content (AvgIpc) is 2.74. The molecule has 0 bridgehead atoms.